The molecule has 1 N–H and O–H groups in total. The first-order valence-corrected chi connectivity index (χ1v) is 12.5. The van der Waals surface area contributed by atoms with E-state index >= 15 is 0 Å². The summed E-state index contributed by atoms with van der Waals surface area (Å²) in [6.07, 6.45) is 4.87. The summed E-state index contributed by atoms with van der Waals surface area (Å²) in [5.74, 6) is 0.788. The van der Waals surface area contributed by atoms with E-state index < -0.39 is 10.0 Å². The highest BCUT2D eigenvalue weighted by atomic mass is 32.2. The van der Waals surface area contributed by atoms with Crippen LogP contribution in [0.1, 0.15) is 22.5 Å². The summed E-state index contributed by atoms with van der Waals surface area (Å²) in [6.45, 7) is 7.50. The molecule has 8 heteroatoms. The Labute approximate surface area is 203 Å². The van der Waals surface area contributed by atoms with Crippen molar-refractivity contribution >= 4 is 21.1 Å². The minimum absolute atomic E-state index is 0.167. The lowest BCUT2D eigenvalue weighted by Gasteiger charge is -2.13. The molecule has 0 atom stereocenters. The minimum atomic E-state index is -3.97. The number of phenolic OH excluding ortho intramolecular Hbond substituents is 1. The van der Waals surface area contributed by atoms with Crippen molar-refractivity contribution in [1.29, 1.82) is 0 Å². The van der Waals surface area contributed by atoms with Gasteiger partial charge < -0.3 is 5.11 Å². The molecular weight excluding hydrogens is 460 g/mol. The van der Waals surface area contributed by atoms with Crippen LogP contribution in [-0.2, 0) is 10.0 Å². The van der Waals surface area contributed by atoms with Crippen LogP contribution in [0, 0.1) is 27.7 Å². The zero-order chi connectivity index (χ0) is 24.9. The van der Waals surface area contributed by atoms with Crippen LogP contribution in [0.15, 0.2) is 72.0 Å². The number of aromatic nitrogens is 4. The maximum Gasteiger partial charge on any atom is 0.269 e. The number of hydrogen-bond donors (Lipinski definition) is 1. The summed E-state index contributed by atoms with van der Waals surface area (Å²) in [4.78, 5) is 13.3. The maximum absolute atomic E-state index is 13.8. The molecule has 0 unspecified atom stereocenters. The van der Waals surface area contributed by atoms with Gasteiger partial charge in [0.2, 0.25) is 0 Å². The van der Waals surface area contributed by atoms with E-state index in [9.17, 15) is 13.5 Å². The molecule has 7 nitrogen and oxygen atoms in total. The second-order valence-electron chi connectivity index (χ2n) is 8.67. The van der Waals surface area contributed by atoms with Crippen LogP contribution in [-0.4, -0.2) is 32.4 Å². The van der Waals surface area contributed by atoms with E-state index in [1.165, 1.54) is 3.97 Å². The molecule has 0 fully saturated rings. The molecule has 2 aromatic carbocycles. The van der Waals surface area contributed by atoms with E-state index in [1.807, 2.05) is 32.9 Å². The van der Waals surface area contributed by atoms with Crippen molar-refractivity contribution in [2.75, 3.05) is 0 Å². The Bertz CT molecular complexity index is 1690. The molecule has 5 rings (SSSR count). The van der Waals surface area contributed by atoms with Gasteiger partial charge in [-0.25, -0.2) is 27.3 Å². The molecule has 0 saturated carbocycles. The number of pyridine rings is 1. The van der Waals surface area contributed by atoms with Gasteiger partial charge in [-0.15, -0.1) is 0 Å². The van der Waals surface area contributed by atoms with Gasteiger partial charge in [-0.05, 0) is 74.7 Å². The Morgan fingerprint density at radius 2 is 1.46 bits per heavy atom. The molecule has 0 aliphatic carbocycles. The van der Waals surface area contributed by atoms with Crippen LogP contribution in [0.25, 0.3) is 33.4 Å². The van der Waals surface area contributed by atoms with Crippen molar-refractivity contribution in [3.05, 3.63) is 89.6 Å². The minimum Gasteiger partial charge on any atom is -0.508 e. The van der Waals surface area contributed by atoms with Gasteiger partial charge >= 0.3 is 0 Å². The predicted octanol–water partition coefficient (Wildman–Crippen LogP) is 5.34. The number of aryl methyl sites for hydroxylation is 3. The molecule has 3 heterocycles. The summed E-state index contributed by atoms with van der Waals surface area (Å²) in [7, 11) is -3.97. The Morgan fingerprint density at radius 1 is 0.800 bits per heavy atom. The lowest BCUT2D eigenvalue weighted by Crippen LogP contribution is -2.15. The third kappa shape index (κ3) is 3.85. The van der Waals surface area contributed by atoms with Crippen molar-refractivity contribution in [2.24, 2.45) is 0 Å². The van der Waals surface area contributed by atoms with Crippen molar-refractivity contribution < 1.29 is 13.5 Å². The fraction of sp³-hybridized carbons (Fsp3) is 0.148. The predicted molar refractivity (Wildman–Crippen MR) is 136 cm³/mol. The number of benzene rings is 2. The van der Waals surface area contributed by atoms with E-state index in [-0.39, 0.29) is 10.6 Å². The first-order valence-electron chi connectivity index (χ1n) is 11.1. The van der Waals surface area contributed by atoms with Gasteiger partial charge in [-0.1, -0.05) is 23.8 Å². The molecule has 0 spiro atoms. The van der Waals surface area contributed by atoms with Gasteiger partial charge in [0, 0.05) is 35.1 Å². The Hall–Kier alpha value is -4.04. The topological polar surface area (TPSA) is 98.0 Å². The molecule has 0 saturated heterocycles. The van der Waals surface area contributed by atoms with Crippen molar-refractivity contribution in [3.63, 3.8) is 0 Å². The smallest absolute Gasteiger partial charge is 0.269 e. The van der Waals surface area contributed by atoms with Crippen LogP contribution in [0.4, 0.5) is 0 Å². The molecule has 176 valence electrons. The number of nitrogens with zero attached hydrogens (tertiary/aromatic N) is 4. The van der Waals surface area contributed by atoms with Gasteiger partial charge in [0.05, 0.1) is 10.6 Å². The fourth-order valence-corrected chi connectivity index (χ4v) is 5.76. The van der Waals surface area contributed by atoms with Crippen molar-refractivity contribution in [2.45, 2.75) is 32.6 Å². The zero-order valence-electron chi connectivity index (χ0n) is 19.8. The number of fused-ring (bicyclic) bond motifs is 1. The normalized spacial score (nSPS) is 11.8. The number of aromatic hydroxyl groups is 1. The molecule has 0 bridgehead atoms. The van der Waals surface area contributed by atoms with Crippen LogP contribution in [0.2, 0.25) is 0 Å². The number of phenols is 1. The molecule has 35 heavy (non-hydrogen) atoms. The summed E-state index contributed by atoms with van der Waals surface area (Å²) in [5.41, 5.74) is 5.65. The number of rotatable bonds is 4. The lowest BCUT2D eigenvalue weighted by atomic mass is 9.96. The zero-order valence-corrected chi connectivity index (χ0v) is 20.6. The summed E-state index contributed by atoms with van der Waals surface area (Å²) >= 11 is 0. The van der Waals surface area contributed by atoms with Crippen LogP contribution in [0.5, 0.6) is 5.75 Å². The molecule has 3 aromatic heterocycles. The second kappa shape index (κ2) is 8.32. The number of hydrogen-bond acceptors (Lipinski definition) is 6. The molecule has 0 aliphatic rings. The monoisotopic (exact) mass is 484 g/mol. The Kier molecular flexibility index (Phi) is 5.40. The van der Waals surface area contributed by atoms with E-state index in [2.05, 4.69) is 15.0 Å². The molecule has 0 amide bonds. The SMILES string of the molecule is Cc1ccc(S(=O)(=O)n2c(-c3cnc(C)nc3)cc3cc(-c4c(C)ccc(O)c4C)cnc32)cc1. The van der Waals surface area contributed by atoms with Crippen molar-refractivity contribution in [3.8, 4) is 28.1 Å². The van der Waals surface area contributed by atoms with Crippen LogP contribution >= 0.6 is 0 Å². The molecular formula is C27H24N4O3S. The summed E-state index contributed by atoms with van der Waals surface area (Å²) in [6, 6.07) is 13.9. The van der Waals surface area contributed by atoms with E-state index in [0.29, 0.717) is 28.1 Å². The highest BCUT2D eigenvalue weighted by Gasteiger charge is 2.25. The van der Waals surface area contributed by atoms with Crippen LogP contribution < -0.4 is 0 Å². The largest absolute Gasteiger partial charge is 0.508 e. The van der Waals surface area contributed by atoms with Crippen molar-refractivity contribution in [1.82, 2.24) is 18.9 Å². The quantitative estimate of drug-likeness (QED) is 0.370. The fourth-order valence-electron chi connectivity index (χ4n) is 4.27. The maximum atomic E-state index is 13.8. The third-order valence-electron chi connectivity index (χ3n) is 6.17. The van der Waals surface area contributed by atoms with Gasteiger partial charge in [-0.3, -0.25) is 0 Å². The Balaban J connectivity index is 1.80. The lowest BCUT2D eigenvalue weighted by molar-refractivity contribution is 0.471. The summed E-state index contributed by atoms with van der Waals surface area (Å²) in [5, 5.41) is 10.9. The average Bonchev–Trinajstić information content (AvgIpc) is 3.22. The first kappa shape index (κ1) is 22.7. The second-order valence-corrected chi connectivity index (χ2v) is 10.5. The van der Waals surface area contributed by atoms with Gasteiger partial charge in [0.1, 0.15) is 11.6 Å². The molecule has 5 aromatic rings. The van der Waals surface area contributed by atoms with E-state index in [0.717, 1.165) is 27.8 Å². The molecule has 0 radical (unpaired) electrons. The highest BCUT2D eigenvalue weighted by molar-refractivity contribution is 7.90. The van der Waals surface area contributed by atoms with Crippen LogP contribution in [0.3, 0.4) is 0 Å². The van der Waals surface area contributed by atoms with Gasteiger partial charge in [0.25, 0.3) is 10.0 Å². The van der Waals surface area contributed by atoms with E-state index in [1.54, 1.807) is 61.9 Å². The van der Waals surface area contributed by atoms with Gasteiger partial charge in [-0.2, -0.15) is 0 Å². The summed E-state index contributed by atoms with van der Waals surface area (Å²) < 4.78 is 28.9. The van der Waals surface area contributed by atoms with Gasteiger partial charge in [0.15, 0.2) is 5.65 Å². The standard InChI is InChI=1S/C27H24N4O3S/c1-16-5-8-23(9-6-16)35(33,34)31-24(22-14-28-19(4)29-15-22)12-20-11-21(13-30-27(20)31)26-17(2)7-10-25(32)18(26)3/h5-15,32H,1-4H3. The highest BCUT2D eigenvalue weighted by Crippen LogP contribution is 2.36. The van der Waals surface area contributed by atoms with E-state index in [4.69, 9.17) is 0 Å². The molecule has 0 aliphatic heterocycles. The average molecular weight is 485 g/mol. The first-order chi connectivity index (χ1) is 16.7. The Morgan fingerprint density at radius 3 is 2.14 bits per heavy atom. The third-order valence-corrected chi connectivity index (χ3v) is 7.89.